The van der Waals surface area contributed by atoms with Crippen molar-refractivity contribution in [2.75, 3.05) is 5.73 Å². The van der Waals surface area contributed by atoms with Crippen molar-refractivity contribution in [3.05, 3.63) is 16.7 Å². The number of nitrogens with two attached hydrogens (primary N) is 1. The van der Waals surface area contributed by atoms with Crippen molar-refractivity contribution in [2.45, 2.75) is 6.36 Å². The minimum atomic E-state index is -4.73. The second kappa shape index (κ2) is 3.41. The fourth-order valence-electron chi connectivity index (χ4n) is 0.672. The molecule has 1 aromatic rings. The maximum Gasteiger partial charge on any atom is 0.573 e. The van der Waals surface area contributed by atoms with E-state index in [-0.39, 0.29) is 5.82 Å². The number of hydrogen-bond acceptors (Lipinski definition) is 2. The van der Waals surface area contributed by atoms with Crippen LogP contribution in [0.1, 0.15) is 0 Å². The number of anilines is 1. The Labute approximate surface area is 79.8 Å². The number of aromatic amines is 1. The summed E-state index contributed by atoms with van der Waals surface area (Å²) in [6.07, 6.45) is -3.33. The van der Waals surface area contributed by atoms with Gasteiger partial charge < -0.3 is 4.74 Å². The van der Waals surface area contributed by atoms with Crippen LogP contribution < -0.4 is 15.5 Å². The van der Waals surface area contributed by atoms with Gasteiger partial charge >= 0.3 is 12.2 Å². The number of pyridine rings is 1. The van der Waals surface area contributed by atoms with Gasteiger partial charge in [0.2, 0.25) is 5.75 Å². The largest absolute Gasteiger partial charge is 0.573 e. The zero-order chi connectivity index (χ0) is 10.1. The first-order valence-corrected chi connectivity index (χ1v) is 3.90. The summed E-state index contributed by atoms with van der Waals surface area (Å²) in [5.41, 5.74) is 5.20. The first-order valence-electron chi connectivity index (χ1n) is 3.11. The first-order chi connectivity index (χ1) is 5.88. The smallest absolute Gasteiger partial charge is 0.397 e. The Morgan fingerprint density at radius 1 is 1.46 bits per heavy atom. The molecule has 1 heterocycles. The average molecular weight is 258 g/mol. The van der Waals surface area contributed by atoms with Gasteiger partial charge in [-0.3, -0.25) is 5.73 Å². The van der Waals surface area contributed by atoms with Crippen LogP contribution >= 0.6 is 15.9 Å². The lowest BCUT2D eigenvalue weighted by Gasteiger charge is -2.07. The van der Waals surface area contributed by atoms with E-state index in [9.17, 15) is 13.2 Å². The van der Waals surface area contributed by atoms with Crippen molar-refractivity contribution in [1.29, 1.82) is 0 Å². The average Bonchev–Trinajstić information content (AvgIpc) is 1.94. The summed E-state index contributed by atoms with van der Waals surface area (Å²) in [7, 11) is 0. The Balaban J connectivity index is 2.94. The van der Waals surface area contributed by atoms with E-state index >= 15 is 0 Å². The van der Waals surface area contributed by atoms with Crippen LogP contribution in [0.4, 0.5) is 19.0 Å². The zero-order valence-electron chi connectivity index (χ0n) is 6.15. The van der Waals surface area contributed by atoms with Gasteiger partial charge in [-0.2, -0.15) is 0 Å². The van der Waals surface area contributed by atoms with Crippen LogP contribution in [0.5, 0.6) is 5.75 Å². The predicted octanol–water partition coefficient (Wildman–Crippen LogP) is 1.74. The van der Waals surface area contributed by atoms with Gasteiger partial charge in [-0.05, 0) is 15.9 Å². The number of hydrogen-bond donors (Lipinski definition) is 1. The molecule has 0 aliphatic heterocycles. The zero-order valence-corrected chi connectivity index (χ0v) is 7.74. The molecule has 72 valence electrons. The molecule has 7 heteroatoms. The van der Waals surface area contributed by atoms with E-state index in [1.165, 1.54) is 6.20 Å². The van der Waals surface area contributed by atoms with Crippen molar-refractivity contribution < 1.29 is 22.9 Å². The highest BCUT2D eigenvalue weighted by atomic mass is 79.9. The number of nitrogen functional groups attached to an aromatic ring is 1. The second-order valence-corrected chi connectivity index (χ2v) is 3.06. The van der Waals surface area contributed by atoms with Gasteiger partial charge in [0.1, 0.15) is 6.20 Å². The molecule has 0 atom stereocenters. The molecular formula is C6H5BrF3N2O+. The molecule has 0 amide bonds. The molecule has 0 radical (unpaired) electrons. The molecule has 3 nitrogen and oxygen atoms in total. The van der Waals surface area contributed by atoms with Gasteiger partial charge in [-0.1, -0.05) is 0 Å². The standard InChI is InChI=1S/C6H4BrF3N2O/c7-3-1-4(5(11)12-2-3)13-6(8,9)10/h1-2H,(H2,11,12)/p+1. The monoisotopic (exact) mass is 257 g/mol. The van der Waals surface area contributed by atoms with Gasteiger partial charge in [0, 0.05) is 6.07 Å². The Hall–Kier alpha value is -0.980. The van der Waals surface area contributed by atoms with E-state index in [1.54, 1.807) is 0 Å². The third kappa shape index (κ3) is 3.10. The summed E-state index contributed by atoms with van der Waals surface area (Å²) in [5.74, 6) is -0.637. The number of alkyl halides is 3. The summed E-state index contributed by atoms with van der Waals surface area (Å²) in [4.78, 5) is 2.40. The lowest BCUT2D eigenvalue weighted by atomic mass is 10.4. The van der Waals surface area contributed by atoms with E-state index < -0.39 is 12.1 Å². The first kappa shape index (κ1) is 10.1. The quantitative estimate of drug-likeness (QED) is 0.834. The predicted molar refractivity (Wildman–Crippen MR) is 41.8 cm³/mol. The topological polar surface area (TPSA) is 49.4 Å². The van der Waals surface area contributed by atoms with Crippen molar-refractivity contribution in [1.82, 2.24) is 0 Å². The fourth-order valence-corrected chi connectivity index (χ4v) is 0.994. The molecular weight excluding hydrogens is 253 g/mol. The third-order valence-electron chi connectivity index (χ3n) is 1.13. The second-order valence-electron chi connectivity index (χ2n) is 2.14. The van der Waals surface area contributed by atoms with Crippen molar-refractivity contribution in [2.24, 2.45) is 0 Å². The number of halogens is 4. The summed E-state index contributed by atoms with van der Waals surface area (Å²) in [6.45, 7) is 0. The molecule has 0 aliphatic carbocycles. The molecule has 1 rings (SSSR count). The van der Waals surface area contributed by atoms with E-state index in [2.05, 4.69) is 25.7 Å². The van der Waals surface area contributed by atoms with Crippen LogP contribution in [0.3, 0.4) is 0 Å². The lowest BCUT2D eigenvalue weighted by Crippen LogP contribution is -2.21. The van der Waals surface area contributed by atoms with Crippen molar-refractivity contribution >= 4 is 21.7 Å². The van der Waals surface area contributed by atoms with Crippen molar-refractivity contribution in [3.63, 3.8) is 0 Å². The van der Waals surface area contributed by atoms with Crippen LogP contribution in [0.25, 0.3) is 0 Å². The Morgan fingerprint density at radius 2 is 2.08 bits per heavy atom. The van der Waals surface area contributed by atoms with Crippen LogP contribution in [0, 0.1) is 0 Å². The van der Waals surface area contributed by atoms with E-state index in [0.717, 1.165) is 6.07 Å². The van der Waals surface area contributed by atoms with Crippen LogP contribution in [-0.2, 0) is 0 Å². The SMILES string of the molecule is Nc1[nH+]cc(Br)cc1OC(F)(F)F. The summed E-state index contributed by atoms with van der Waals surface area (Å²) in [5, 5.41) is 0. The number of H-pyrrole nitrogens is 1. The molecule has 0 fully saturated rings. The molecule has 13 heavy (non-hydrogen) atoms. The number of ether oxygens (including phenoxy) is 1. The third-order valence-corrected chi connectivity index (χ3v) is 1.58. The highest BCUT2D eigenvalue weighted by Gasteiger charge is 2.33. The number of rotatable bonds is 1. The Kier molecular flexibility index (Phi) is 2.65. The highest BCUT2D eigenvalue weighted by molar-refractivity contribution is 9.10. The van der Waals surface area contributed by atoms with E-state index in [0.29, 0.717) is 4.47 Å². The van der Waals surface area contributed by atoms with E-state index in [1.807, 2.05) is 0 Å². The Bertz CT molecular complexity index is 315. The maximum atomic E-state index is 11.7. The molecule has 0 spiro atoms. The van der Waals surface area contributed by atoms with Gasteiger partial charge in [-0.15, -0.1) is 13.2 Å². The number of nitrogens with one attached hydrogen (secondary N) is 1. The summed E-state index contributed by atoms with van der Waals surface area (Å²) in [6, 6.07) is 1.12. The number of aromatic nitrogens is 1. The molecule has 0 aromatic carbocycles. The van der Waals surface area contributed by atoms with Gasteiger partial charge in [0.25, 0.3) is 0 Å². The molecule has 1 aromatic heterocycles. The lowest BCUT2D eigenvalue weighted by molar-refractivity contribution is -0.365. The molecule has 0 aliphatic rings. The fraction of sp³-hybridized carbons (Fsp3) is 0.167. The van der Waals surface area contributed by atoms with Crippen LogP contribution in [0.2, 0.25) is 0 Å². The van der Waals surface area contributed by atoms with Gasteiger partial charge in [-0.25, -0.2) is 4.98 Å². The van der Waals surface area contributed by atoms with Crippen LogP contribution in [0.15, 0.2) is 16.7 Å². The normalized spacial score (nSPS) is 11.4. The van der Waals surface area contributed by atoms with Crippen LogP contribution in [-0.4, -0.2) is 6.36 Å². The maximum absolute atomic E-state index is 11.7. The molecule has 3 N–H and O–H groups in total. The molecule has 0 bridgehead atoms. The molecule has 0 saturated heterocycles. The minimum Gasteiger partial charge on any atom is -0.397 e. The highest BCUT2D eigenvalue weighted by Crippen LogP contribution is 2.27. The minimum absolute atomic E-state index is 0.180. The Morgan fingerprint density at radius 3 is 2.62 bits per heavy atom. The van der Waals surface area contributed by atoms with Gasteiger partial charge in [0.15, 0.2) is 0 Å². The molecule has 0 saturated carbocycles. The molecule has 0 unspecified atom stereocenters. The van der Waals surface area contributed by atoms with Gasteiger partial charge in [0.05, 0.1) is 4.47 Å². The van der Waals surface area contributed by atoms with Crippen molar-refractivity contribution in [3.8, 4) is 5.75 Å². The van der Waals surface area contributed by atoms with E-state index in [4.69, 9.17) is 5.73 Å². The summed E-state index contributed by atoms with van der Waals surface area (Å²) >= 11 is 2.97. The summed E-state index contributed by atoms with van der Waals surface area (Å²) < 4.78 is 39.3.